The Kier molecular flexibility index (Phi) is 16.2. The van der Waals surface area contributed by atoms with Gasteiger partial charge in [0, 0.05) is 6.42 Å². The molecule has 1 heterocycles. The van der Waals surface area contributed by atoms with E-state index < -0.39 is 30.5 Å². The van der Waals surface area contributed by atoms with E-state index in [-0.39, 0.29) is 18.5 Å². The second-order valence-electron chi connectivity index (χ2n) is 9.35. The van der Waals surface area contributed by atoms with Gasteiger partial charge in [-0.15, -0.1) is 0 Å². The standard InChI is InChI=1S/C25H48O7/c1-3-4-5-6-7-9-12-15-19(16-13-10-8-11-14-17-21(27)31-2)25-24(30)23(29)22(28)20(18-26)32-25/h19-20,22-26,28-30H,3-18H2,1-2H3/t19?,20-,22-,23+,24-,25?/m1/s1. The van der Waals surface area contributed by atoms with E-state index in [1.165, 1.54) is 39.2 Å². The predicted octanol–water partition coefficient (Wildman–Crippen LogP) is 3.49. The van der Waals surface area contributed by atoms with Gasteiger partial charge in [0.1, 0.15) is 24.4 Å². The highest BCUT2D eigenvalue weighted by molar-refractivity contribution is 5.68. The van der Waals surface area contributed by atoms with Gasteiger partial charge in [0.15, 0.2) is 0 Å². The highest BCUT2D eigenvalue weighted by atomic mass is 16.5. The average molecular weight is 461 g/mol. The van der Waals surface area contributed by atoms with E-state index in [0.717, 1.165) is 57.8 Å². The van der Waals surface area contributed by atoms with Crippen molar-refractivity contribution in [1.29, 1.82) is 0 Å². The minimum absolute atomic E-state index is 0.0758. The molecule has 1 saturated heterocycles. The first-order valence-corrected chi connectivity index (χ1v) is 12.8. The molecule has 1 aliphatic rings. The summed E-state index contributed by atoms with van der Waals surface area (Å²) in [6.07, 6.45) is 10.4. The summed E-state index contributed by atoms with van der Waals surface area (Å²) in [6.45, 7) is 1.83. The van der Waals surface area contributed by atoms with Gasteiger partial charge < -0.3 is 29.9 Å². The molecule has 0 aromatic heterocycles. The first-order chi connectivity index (χ1) is 15.5. The van der Waals surface area contributed by atoms with Crippen LogP contribution in [0.15, 0.2) is 0 Å². The first kappa shape index (κ1) is 29.3. The van der Waals surface area contributed by atoms with Crippen molar-refractivity contribution in [2.75, 3.05) is 13.7 Å². The summed E-state index contributed by atoms with van der Waals surface area (Å²) in [6, 6.07) is 0. The van der Waals surface area contributed by atoms with Gasteiger partial charge in [0.25, 0.3) is 0 Å². The van der Waals surface area contributed by atoms with Gasteiger partial charge >= 0.3 is 5.97 Å². The van der Waals surface area contributed by atoms with E-state index in [2.05, 4.69) is 11.7 Å². The molecule has 1 rings (SSSR count). The number of esters is 1. The zero-order valence-electron chi connectivity index (χ0n) is 20.3. The number of ether oxygens (including phenoxy) is 2. The second-order valence-corrected chi connectivity index (χ2v) is 9.35. The maximum atomic E-state index is 11.2. The molecule has 4 N–H and O–H groups in total. The van der Waals surface area contributed by atoms with Crippen molar-refractivity contribution >= 4 is 5.97 Å². The van der Waals surface area contributed by atoms with Crippen LogP contribution in [0.5, 0.6) is 0 Å². The lowest BCUT2D eigenvalue weighted by Gasteiger charge is -2.43. The van der Waals surface area contributed by atoms with E-state index in [9.17, 15) is 25.2 Å². The van der Waals surface area contributed by atoms with Crippen LogP contribution in [0.2, 0.25) is 0 Å². The van der Waals surface area contributed by atoms with Crippen LogP contribution in [0.3, 0.4) is 0 Å². The Morgan fingerprint density at radius 3 is 1.88 bits per heavy atom. The number of carbonyl (C=O) groups is 1. The monoisotopic (exact) mass is 460 g/mol. The van der Waals surface area contributed by atoms with Crippen molar-refractivity contribution in [3.05, 3.63) is 0 Å². The number of rotatable bonds is 18. The smallest absolute Gasteiger partial charge is 0.305 e. The highest BCUT2D eigenvalue weighted by Gasteiger charge is 2.45. The molecule has 190 valence electrons. The molecule has 6 atom stereocenters. The van der Waals surface area contributed by atoms with E-state index in [0.29, 0.717) is 6.42 Å². The van der Waals surface area contributed by atoms with Crippen LogP contribution in [0.1, 0.15) is 103 Å². The van der Waals surface area contributed by atoms with E-state index in [4.69, 9.17) is 4.74 Å². The lowest BCUT2D eigenvalue weighted by atomic mass is 9.82. The van der Waals surface area contributed by atoms with Gasteiger partial charge in [-0.3, -0.25) is 4.79 Å². The number of unbranched alkanes of at least 4 members (excludes halogenated alkanes) is 10. The lowest BCUT2D eigenvalue weighted by Crippen LogP contribution is -2.60. The molecule has 0 amide bonds. The third-order valence-corrected chi connectivity index (χ3v) is 6.76. The number of carbonyl (C=O) groups excluding carboxylic acids is 1. The fourth-order valence-corrected chi connectivity index (χ4v) is 4.66. The summed E-state index contributed by atoms with van der Waals surface area (Å²) < 4.78 is 10.5. The molecule has 7 nitrogen and oxygen atoms in total. The number of methoxy groups -OCH3 is 1. The molecular formula is C25H48O7. The third-order valence-electron chi connectivity index (χ3n) is 6.76. The van der Waals surface area contributed by atoms with Crippen molar-refractivity contribution in [1.82, 2.24) is 0 Å². The van der Waals surface area contributed by atoms with Crippen molar-refractivity contribution < 1.29 is 34.7 Å². The van der Waals surface area contributed by atoms with Crippen LogP contribution in [-0.2, 0) is 14.3 Å². The van der Waals surface area contributed by atoms with Gasteiger partial charge in [-0.25, -0.2) is 0 Å². The summed E-state index contributed by atoms with van der Waals surface area (Å²) >= 11 is 0. The van der Waals surface area contributed by atoms with Crippen molar-refractivity contribution in [3.63, 3.8) is 0 Å². The Hall–Kier alpha value is -0.730. The molecule has 1 aliphatic heterocycles. The van der Waals surface area contributed by atoms with Gasteiger partial charge in [-0.2, -0.15) is 0 Å². The Labute approximate surface area is 194 Å². The molecule has 2 unspecified atom stereocenters. The zero-order valence-corrected chi connectivity index (χ0v) is 20.3. The third kappa shape index (κ3) is 10.9. The largest absolute Gasteiger partial charge is 0.469 e. The maximum absolute atomic E-state index is 11.2. The molecule has 0 aromatic rings. The number of aliphatic hydroxyl groups excluding tert-OH is 4. The summed E-state index contributed by atoms with van der Waals surface area (Å²) in [7, 11) is 1.41. The Balaban J connectivity index is 2.50. The van der Waals surface area contributed by atoms with Crippen LogP contribution in [-0.4, -0.2) is 70.6 Å². The quantitative estimate of drug-likeness (QED) is 0.183. The fourth-order valence-electron chi connectivity index (χ4n) is 4.66. The normalized spacial score (nSPS) is 26.8. The van der Waals surface area contributed by atoms with E-state index >= 15 is 0 Å². The molecule has 0 aromatic carbocycles. The fraction of sp³-hybridized carbons (Fsp3) is 0.960. The summed E-state index contributed by atoms with van der Waals surface area (Å²) in [5, 5.41) is 40.4. The van der Waals surface area contributed by atoms with Crippen LogP contribution < -0.4 is 0 Å². The molecule has 7 heteroatoms. The molecule has 1 fully saturated rings. The predicted molar refractivity (Wildman–Crippen MR) is 124 cm³/mol. The van der Waals surface area contributed by atoms with Gasteiger partial charge in [0.05, 0.1) is 19.8 Å². The van der Waals surface area contributed by atoms with Gasteiger partial charge in [0.2, 0.25) is 0 Å². The number of hydrogen-bond donors (Lipinski definition) is 4. The molecule has 0 aliphatic carbocycles. The summed E-state index contributed by atoms with van der Waals surface area (Å²) in [4.78, 5) is 11.2. The molecule has 0 saturated carbocycles. The SMILES string of the molecule is CCCCCCCCCC(CCCCCCCC(=O)OC)C1O[C@H](CO)[C@@H](O)[C@H](O)[C@H]1O. The topological polar surface area (TPSA) is 116 Å². The molecule has 0 radical (unpaired) electrons. The maximum Gasteiger partial charge on any atom is 0.305 e. The van der Waals surface area contributed by atoms with Crippen LogP contribution >= 0.6 is 0 Å². The Bertz CT molecular complexity index is 471. The summed E-state index contributed by atoms with van der Waals surface area (Å²) in [5.41, 5.74) is 0. The van der Waals surface area contributed by atoms with Gasteiger partial charge in [-0.1, -0.05) is 77.6 Å². The van der Waals surface area contributed by atoms with E-state index in [1.54, 1.807) is 0 Å². The molecule has 0 bridgehead atoms. The minimum Gasteiger partial charge on any atom is -0.469 e. The van der Waals surface area contributed by atoms with Crippen molar-refractivity contribution in [3.8, 4) is 0 Å². The zero-order chi connectivity index (χ0) is 23.8. The summed E-state index contributed by atoms with van der Waals surface area (Å²) in [5.74, 6) is -0.0886. The molecular weight excluding hydrogens is 412 g/mol. The van der Waals surface area contributed by atoms with Crippen LogP contribution in [0.4, 0.5) is 0 Å². The lowest BCUT2D eigenvalue weighted by molar-refractivity contribution is -0.242. The van der Waals surface area contributed by atoms with Gasteiger partial charge in [-0.05, 0) is 25.2 Å². The second kappa shape index (κ2) is 17.7. The minimum atomic E-state index is -1.30. The molecule has 0 spiro atoms. The molecule has 32 heavy (non-hydrogen) atoms. The first-order valence-electron chi connectivity index (χ1n) is 12.8. The van der Waals surface area contributed by atoms with Crippen LogP contribution in [0.25, 0.3) is 0 Å². The number of aliphatic hydroxyl groups is 4. The van der Waals surface area contributed by atoms with E-state index in [1.807, 2.05) is 0 Å². The Morgan fingerprint density at radius 1 is 0.812 bits per heavy atom. The average Bonchev–Trinajstić information content (AvgIpc) is 2.80. The van der Waals surface area contributed by atoms with Crippen molar-refractivity contribution in [2.45, 2.75) is 134 Å². The number of hydrogen-bond acceptors (Lipinski definition) is 7. The van der Waals surface area contributed by atoms with Crippen molar-refractivity contribution in [2.24, 2.45) is 5.92 Å². The Morgan fingerprint density at radius 2 is 1.34 bits per heavy atom. The van der Waals surface area contributed by atoms with Crippen LogP contribution in [0, 0.1) is 5.92 Å². The highest BCUT2D eigenvalue weighted by Crippen LogP contribution is 2.32.